The molecule has 8 heteroatoms. The molecule has 0 saturated carbocycles. The van der Waals surface area contributed by atoms with Gasteiger partial charge in [0.15, 0.2) is 11.6 Å². The van der Waals surface area contributed by atoms with E-state index in [1.165, 1.54) is 0 Å². The molecule has 29 heavy (non-hydrogen) atoms. The molecule has 5 rings (SSSR count). The lowest BCUT2D eigenvalue weighted by atomic mass is 9.95. The zero-order valence-corrected chi connectivity index (χ0v) is 16.6. The predicted octanol–water partition coefficient (Wildman–Crippen LogP) is 1.98. The van der Waals surface area contributed by atoms with Crippen LogP contribution in [0.5, 0.6) is 0 Å². The summed E-state index contributed by atoms with van der Waals surface area (Å²) >= 11 is 0. The van der Waals surface area contributed by atoms with Gasteiger partial charge in [0.25, 0.3) is 5.91 Å². The summed E-state index contributed by atoms with van der Waals surface area (Å²) in [5.74, 6) is 1.54. The number of aromatic amines is 1. The first-order valence-electron chi connectivity index (χ1n) is 10.2. The highest BCUT2D eigenvalue weighted by Gasteiger charge is 2.36. The number of nitrogens with one attached hydrogen (secondary N) is 1. The van der Waals surface area contributed by atoms with Crippen LogP contribution in [0.1, 0.15) is 30.1 Å². The van der Waals surface area contributed by atoms with E-state index in [0.717, 1.165) is 55.1 Å². The molecule has 4 heterocycles. The summed E-state index contributed by atoms with van der Waals surface area (Å²) in [6, 6.07) is 7.70. The summed E-state index contributed by atoms with van der Waals surface area (Å²) in [7, 11) is 2.16. The Labute approximate surface area is 171 Å². The summed E-state index contributed by atoms with van der Waals surface area (Å²) < 4.78 is 0. The van der Waals surface area contributed by atoms with E-state index < -0.39 is 0 Å². The van der Waals surface area contributed by atoms with Gasteiger partial charge in [-0.1, -0.05) is 12.1 Å². The van der Waals surface area contributed by atoms with Crippen molar-refractivity contribution in [2.75, 3.05) is 51.2 Å². The molecule has 0 radical (unpaired) electrons. The number of fused-ring (bicyclic) bond motifs is 1. The van der Waals surface area contributed by atoms with E-state index in [0.29, 0.717) is 18.9 Å². The van der Waals surface area contributed by atoms with Gasteiger partial charge >= 0.3 is 0 Å². The Morgan fingerprint density at radius 2 is 1.93 bits per heavy atom. The third-order valence-electron chi connectivity index (χ3n) is 5.87. The lowest BCUT2D eigenvalue weighted by Gasteiger charge is -2.39. The molecule has 0 unspecified atom stereocenters. The van der Waals surface area contributed by atoms with Crippen molar-refractivity contribution < 1.29 is 6.22 Å². The Bertz CT molecular complexity index is 1000. The number of para-hydroxylation sites is 2. The maximum atomic E-state index is 12.8. The number of imidazole rings is 1. The molecule has 0 bridgehead atoms. The van der Waals surface area contributed by atoms with E-state index in [4.69, 9.17) is 0 Å². The quantitative estimate of drug-likeness (QED) is 0.733. The van der Waals surface area contributed by atoms with Crippen LogP contribution in [0, 0.1) is 0 Å². The number of likely N-dealkylation sites (tertiary alicyclic amines) is 1. The number of hydrogen-bond donors (Lipinski definition) is 1. The van der Waals surface area contributed by atoms with Gasteiger partial charge in [0.2, 0.25) is 0 Å². The maximum Gasteiger partial charge on any atom is 0.289 e. The molecule has 2 saturated heterocycles. The Kier molecular flexibility index (Phi) is 4.63. The number of hydrogen-bond acceptors (Lipinski definition) is 6. The van der Waals surface area contributed by atoms with Crippen molar-refractivity contribution in [3.63, 3.8) is 0 Å². The highest BCUT2D eigenvalue weighted by molar-refractivity contribution is 5.94. The Hall–Kier alpha value is -3.00. The van der Waals surface area contributed by atoms with E-state index >= 15 is 0 Å². The van der Waals surface area contributed by atoms with Gasteiger partial charge in [-0.25, -0.2) is 9.97 Å². The molecule has 0 aliphatic carbocycles. The molecule has 3 aromatic rings. The summed E-state index contributed by atoms with van der Waals surface area (Å²) in [5, 5.41) is 0. The van der Waals surface area contributed by atoms with Crippen LogP contribution >= 0.6 is 0 Å². The molecule has 1 N–H and O–H groups in total. The van der Waals surface area contributed by atoms with Crippen LogP contribution in [0.2, 0.25) is 0 Å². The van der Waals surface area contributed by atoms with Crippen molar-refractivity contribution in [1.82, 2.24) is 29.7 Å². The second-order valence-electron chi connectivity index (χ2n) is 7.92. The predicted molar refractivity (Wildman–Crippen MR) is 113 cm³/mol. The number of rotatable bonds is 3. The second kappa shape index (κ2) is 7.44. The minimum absolute atomic E-state index is 0. The molecule has 1 amide bonds. The van der Waals surface area contributed by atoms with Crippen LogP contribution in [-0.4, -0.2) is 82.0 Å². The van der Waals surface area contributed by atoms with Gasteiger partial charge < -0.3 is 19.7 Å². The summed E-state index contributed by atoms with van der Waals surface area (Å²) in [5.41, 5.74) is 2.70. The zero-order valence-electron chi connectivity index (χ0n) is 16.6. The first-order chi connectivity index (χ1) is 14.2. The lowest BCUT2D eigenvalue weighted by molar-refractivity contribution is 0.0587. The van der Waals surface area contributed by atoms with Crippen molar-refractivity contribution in [2.45, 2.75) is 12.3 Å². The van der Waals surface area contributed by atoms with Crippen molar-refractivity contribution in [1.29, 1.82) is 0 Å². The molecule has 152 valence electrons. The molecule has 2 aliphatic heterocycles. The fourth-order valence-corrected chi connectivity index (χ4v) is 4.15. The summed E-state index contributed by atoms with van der Waals surface area (Å²) in [6.45, 7) is 5.37. The largest absolute Gasteiger partial charge is 0.354 e. The fraction of sp³-hybridized carbons (Fsp3) is 0.429. The topological polar surface area (TPSA) is 81.2 Å². The Balaban J connectivity index is 0.00000218. The van der Waals surface area contributed by atoms with Crippen molar-refractivity contribution in [3.8, 4) is 0 Å². The number of amides is 1. The first kappa shape index (κ1) is 18.1. The average molecular weight is 393 g/mol. The maximum absolute atomic E-state index is 12.8. The van der Waals surface area contributed by atoms with Gasteiger partial charge in [-0.3, -0.25) is 9.78 Å². The zero-order chi connectivity index (χ0) is 19.8. The van der Waals surface area contributed by atoms with Crippen LogP contribution in [0.25, 0.3) is 11.0 Å². The van der Waals surface area contributed by atoms with Crippen LogP contribution in [0.15, 0.2) is 36.7 Å². The number of anilines is 1. The third-order valence-corrected chi connectivity index (χ3v) is 5.87. The van der Waals surface area contributed by atoms with Crippen molar-refractivity contribution >= 4 is 22.8 Å². The molecular weight excluding hydrogens is 366 g/mol. The van der Waals surface area contributed by atoms with Crippen LogP contribution < -0.4 is 4.90 Å². The lowest BCUT2D eigenvalue weighted by Crippen LogP contribution is -2.49. The van der Waals surface area contributed by atoms with Crippen LogP contribution in [0.3, 0.4) is 0 Å². The second-order valence-corrected chi connectivity index (χ2v) is 7.92. The highest BCUT2D eigenvalue weighted by atomic mass is 16.2. The molecule has 0 spiro atoms. The first-order valence-corrected chi connectivity index (χ1v) is 10.2. The molecule has 2 fully saturated rings. The number of likely N-dealkylation sites (N-methyl/N-ethyl adjacent to an activating group) is 1. The summed E-state index contributed by atoms with van der Waals surface area (Å²) in [6.07, 6.45) is 4.64. The average Bonchev–Trinajstić information content (AvgIpc) is 3.03. The highest BCUT2D eigenvalue weighted by Crippen LogP contribution is 2.32. The number of nitrogens with zero attached hydrogens (tertiary/aromatic N) is 6. The molecule has 2 aromatic heterocycles. The van der Waals surface area contributed by atoms with Crippen LogP contribution in [0.4, 0.5) is 5.82 Å². The Morgan fingerprint density at radius 3 is 2.79 bits per heavy atom. The van der Waals surface area contributed by atoms with Gasteiger partial charge in [0.1, 0.15) is 0 Å². The van der Waals surface area contributed by atoms with Crippen molar-refractivity contribution in [3.05, 3.63) is 48.2 Å². The molecule has 8 nitrogen and oxygen atoms in total. The number of carbonyl (C=O) groups is 1. The minimum atomic E-state index is -0.0562. The van der Waals surface area contributed by atoms with Crippen molar-refractivity contribution in [2.24, 2.45) is 0 Å². The molecule has 0 atom stereocenters. The van der Waals surface area contributed by atoms with E-state index in [-0.39, 0.29) is 13.3 Å². The van der Waals surface area contributed by atoms with Gasteiger partial charge in [0.05, 0.1) is 16.7 Å². The Morgan fingerprint density at radius 1 is 1.10 bits per heavy atom. The van der Waals surface area contributed by atoms with E-state index in [1.54, 1.807) is 12.4 Å². The number of H-pyrrole nitrogens is 1. The van der Waals surface area contributed by atoms with Gasteiger partial charge in [-0.2, -0.15) is 0 Å². The molecular formula is C21H27N7O. The SMILES string of the molecule is CN1CCCN(c2nccnc2C2CN(C(=O)c3nc4ccccc4[nH]3)C2)CC1.[HH]. The molecule has 1 aromatic carbocycles. The normalized spacial score (nSPS) is 18.7. The third kappa shape index (κ3) is 3.44. The van der Waals surface area contributed by atoms with Gasteiger partial charge in [-0.05, 0) is 32.1 Å². The smallest absolute Gasteiger partial charge is 0.289 e. The van der Waals surface area contributed by atoms with E-state index in [9.17, 15) is 4.79 Å². The summed E-state index contributed by atoms with van der Waals surface area (Å²) in [4.78, 5) is 36.2. The van der Waals surface area contributed by atoms with E-state index in [1.807, 2.05) is 29.2 Å². The van der Waals surface area contributed by atoms with E-state index in [2.05, 4.69) is 36.8 Å². The number of benzene rings is 1. The number of carbonyl (C=O) groups excluding carboxylic acids is 1. The van der Waals surface area contributed by atoms with Gasteiger partial charge in [-0.15, -0.1) is 0 Å². The van der Waals surface area contributed by atoms with Gasteiger partial charge in [0, 0.05) is 52.5 Å². The number of aromatic nitrogens is 4. The standard InChI is InChI=1S/C21H25N7O.H2/c1-26-9-4-10-27(12-11-26)20-18(22-7-8-23-20)15-13-28(14-15)21(29)19-24-16-5-2-3-6-17(16)25-19;/h2-3,5-8,15H,4,9-14H2,1H3,(H,24,25);1H. The monoisotopic (exact) mass is 393 g/mol. The minimum Gasteiger partial charge on any atom is -0.354 e. The van der Waals surface area contributed by atoms with Crippen LogP contribution in [-0.2, 0) is 0 Å². The fourth-order valence-electron chi connectivity index (χ4n) is 4.15. The molecule has 2 aliphatic rings.